The summed E-state index contributed by atoms with van der Waals surface area (Å²) in [4.78, 5) is 27.8. The SMILES string of the molecule is CCCCN(C(=O)N1CCCC1)[C@H](C)C(=O)OCC. The molecule has 0 radical (unpaired) electrons. The highest BCUT2D eigenvalue weighted by atomic mass is 16.5. The van der Waals surface area contributed by atoms with Crippen molar-refractivity contribution in [2.45, 2.75) is 52.5 Å². The summed E-state index contributed by atoms with van der Waals surface area (Å²) < 4.78 is 5.03. The Morgan fingerprint density at radius 2 is 1.89 bits per heavy atom. The zero-order valence-electron chi connectivity index (χ0n) is 12.4. The van der Waals surface area contributed by atoms with Crippen LogP contribution in [0.4, 0.5) is 4.79 Å². The van der Waals surface area contributed by atoms with Gasteiger partial charge in [-0.05, 0) is 33.1 Å². The summed E-state index contributed by atoms with van der Waals surface area (Å²) >= 11 is 0. The first-order valence-corrected chi connectivity index (χ1v) is 7.34. The third kappa shape index (κ3) is 4.40. The molecule has 0 aromatic carbocycles. The number of carbonyl (C=O) groups is 2. The van der Waals surface area contributed by atoms with E-state index < -0.39 is 6.04 Å². The predicted molar refractivity (Wildman–Crippen MR) is 73.9 cm³/mol. The van der Waals surface area contributed by atoms with Crippen LogP contribution in [0.15, 0.2) is 0 Å². The number of nitrogens with zero attached hydrogens (tertiary/aromatic N) is 2. The number of ether oxygens (including phenoxy) is 1. The molecule has 1 rings (SSSR count). The largest absolute Gasteiger partial charge is 0.464 e. The van der Waals surface area contributed by atoms with Crippen LogP contribution in [0, 0.1) is 0 Å². The molecule has 0 unspecified atom stereocenters. The predicted octanol–water partition coefficient (Wildman–Crippen LogP) is 2.26. The van der Waals surface area contributed by atoms with E-state index in [1.165, 1.54) is 0 Å². The first-order valence-electron chi connectivity index (χ1n) is 7.34. The number of likely N-dealkylation sites (tertiary alicyclic amines) is 1. The maximum absolute atomic E-state index is 12.4. The summed E-state index contributed by atoms with van der Waals surface area (Å²) in [5, 5.41) is 0. The molecule has 1 heterocycles. The maximum atomic E-state index is 12.4. The average Bonchev–Trinajstić information content (AvgIpc) is 2.92. The third-order valence-electron chi connectivity index (χ3n) is 3.47. The highest BCUT2D eigenvalue weighted by Crippen LogP contribution is 2.14. The molecule has 2 amide bonds. The monoisotopic (exact) mass is 270 g/mol. The van der Waals surface area contributed by atoms with Gasteiger partial charge < -0.3 is 14.5 Å². The lowest BCUT2D eigenvalue weighted by Gasteiger charge is -2.31. The summed E-state index contributed by atoms with van der Waals surface area (Å²) in [5.41, 5.74) is 0. The maximum Gasteiger partial charge on any atom is 0.328 e. The van der Waals surface area contributed by atoms with Crippen molar-refractivity contribution in [1.82, 2.24) is 9.80 Å². The second kappa shape index (κ2) is 8.02. The van der Waals surface area contributed by atoms with Crippen LogP contribution in [0.5, 0.6) is 0 Å². The molecule has 1 atom stereocenters. The van der Waals surface area contributed by atoms with Crippen LogP contribution in [-0.2, 0) is 9.53 Å². The van der Waals surface area contributed by atoms with Crippen LogP contribution >= 0.6 is 0 Å². The van der Waals surface area contributed by atoms with Crippen LogP contribution in [-0.4, -0.2) is 54.1 Å². The van der Waals surface area contributed by atoms with Crippen molar-refractivity contribution in [1.29, 1.82) is 0 Å². The molecular formula is C14H26N2O3. The summed E-state index contributed by atoms with van der Waals surface area (Å²) in [6, 6.07) is -0.522. The van der Waals surface area contributed by atoms with E-state index in [4.69, 9.17) is 4.74 Å². The first kappa shape index (κ1) is 15.8. The topological polar surface area (TPSA) is 49.9 Å². The fraction of sp³-hybridized carbons (Fsp3) is 0.857. The Bertz CT molecular complexity index is 301. The Morgan fingerprint density at radius 1 is 1.26 bits per heavy atom. The Balaban J connectivity index is 2.68. The van der Waals surface area contributed by atoms with Gasteiger partial charge in [0.05, 0.1) is 6.61 Å². The Hall–Kier alpha value is -1.26. The average molecular weight is 270 g/mol. The molecule has 0 N–H and O–H groups in total. The van der Waals surface area contributed by atoms with Gasteiger partial charge in [-0.15, -0.1) is 0 Å². The van der Waals surface area contributed by atoms with E-state index in [0.29, 0.717) is 13.2 Å². The van der Waals surface area contributed by atoms with Gasteiger partial charge in [-0.3, -0.25) is 0 Å². The molecule has 0 bridgehead atoms. The normalized spacial score (nSPS) is 16.3. The second-order valence-electron chi connectivity index (χ2n) is 4.95. The van der Waals surface area contributed by atoms with Gasteiger partial charge in [0.25, 0.3) is 0 Å². The molecule has 1 aliphatic heterocycles. The lowest BCUT2D eigenvalue weighted by molar-refractivity contribution is -0.148. The summed E-state index contributed by atoms with van der Waals surface area (Å²) in [7, 11) is 0. The highest BCUT2D eigenvalue weighted by Gasteiger charge is 2.30. The molecule has 0 saturated carbocycles. The van der Waals surface area contributed by atoms with Crippen molar-refractivity contribution in [2.75, 3.05) is 26.2 Å². The quantitative estimate of drug-likeness (QED) is 0.696. The smallest absolute Gasteiger partial charge is 0.328 e. The van der Waals surface area contributed by atoms with Gasteiger partial charge in [-0.2, -0.15) is 0 Å². The minimum Gasteiger partial charge on any atom is -0.464 e. The van der Waals surface area contributed by atoms with Crippen LogP contribution in [0.25, 0.3) is 0 Å². The van der Waals surface area contributed by atoms with Crippen LogP contribution in [0.1, 0.15) is 46.5 Å². The van der Waals surface area contributed by atoms with E-state index in [1.54, 1.807) is 18.7 Å². The Labute approximate surface area is 115 Å². The second-order valence-corrected chi connectivity index (χ2v) is 4.95. The van der Waals surface area contributed by atoms with Crippen LogP contribution in [0.3, 0.4) is 0 Å². The van der Waals surface area contributed by atoms with E-state index in [2.05, 4.69) is 6.92 Å². The summed E-state index contributed by atoms with van der Waals surface area (Å²) in [6.07, 6.45) is 4.02. The van der Waals surface area contributed by atoms with Crippen LogP contribution < -0.4 is 0 Å². The summed E-state index contributed by atoms with van der Waals surface area (Å²) in [5.74, 6) is -0.314. The van der Waals surface area contributed by atoms with Gasteiger partial charge in [0, 0.05) is 19.6 Å². The van der Waals surface area contributed by atoms with Crippen molar-refractivity contribution in [3.8, 4) is 0 Å². The molecule has 1 aliphatic rings. The number of urea groups is 1. The lowest BCUT2D eigenvalue weighted by Crippen LogP contribution is -2.50. The molecule has 0 spiro atoms. The van der Waals surface area contributed by atoms with E-state index in [1.807, 2.05) is 4.90 Å². The molecule has 19 heavy (non-hydrogen) atoms. The first-order chi connectivity index (χ1) is 9.11. The third-order valence-corrected chi connectivity index (χ3v) is 3.47. The molecule has 1 fully saturated rings. The van der Waals surface area contributed by atoms with Crippen molar-refractivity contribution in [2.24, 2.45) is 0 Å². The minimum atomic E-state index is -0.500. The number of carbonyl (C=O) groups excluding carboxylic acids is 2. The lowest BCUT2D eigenvalue weighted by atomic mass is 10.2. The molecule has 110 valence electrons. The Morgan fingerprint density at radius 3 is 2.42 bits per heavy atom. The molecule has 0 aromatic rings. The van der Waals surface area contributed by atoms with Gasteiger partial charge in [0.1, 0.15) is 6.04 Å². The highest BCUT2D eigenvalue weighted by molar-refractivity contribution is 5.83. The van der Waals surface area contributed by atoms with Crippen LogP contribution in [0.2, 0.25) is 0 Å². The number of rotatable bonds is 6. The van der Waals surface area contributed by atoms with E-state index in [-0.39, 0.29) is 12.0 Å². The number of amides is 2. The molecule has 5 nitrogen and oxygen atoms in total. The fourth-order valence-electron chi connectivity index (χ4n) is 2.26. The molecule has 0 aromatic heterocycles. The zero-order valence-corrected chi connectivity index (χ0v) is 12.4. The number of esters is 1. The molecule has 0 aliphatic carbocycles. The van der Waals surface area contributed by atoms with Gasteiger partial charge in [0.2, 0.25) is 0 Å². The van der Waals surface area contributed by atoms with E-state index in [0.717, 1.165) is 38.8 Å². The van der Waals surface area contributed by atoms with E-state index in [9.17, 15) is 9.59 Å². The van der Waals surface area contributed by atoms with Crippen molar-refractivity contribution < 1.29 is 14.3 Å². The minimum absolute atomic E-state index is 0.0218. The molecule has 1 saturated heterocycles. The fourth-order valence-corrected chi connectivity index (χ4v) is 2.26. The van der Waals surface area contributed by atoms with Gasteiger partial charge >= 0.3 is 12.0 Å². The van der Waals surface area contributed by atoms with E-state index >= 15 is 0 Å². The number of hydrogen-bond donors (Lipinski definition) is 0. The van der Waals surface area contributed by atoms with Crippen molar-refractivity contribution >= 4 is 12.0 Å². The van der Waals surface area contributed by atoms with Crippen molar-refractivity contribution in [3.63, 3.8) is 0 Å². The number of hydrogen-bond acceptors (Lipinski definition) is 3. The summed E-state index contributed by atoms with van der Waals surface area (Å²) in [6.45, 7) is 8.18. The van der Waals surface area contributed by atoms with Gasteiger partial charge in [-0.25, -0.2) is 9.59 Å². The Kier molecular flexibility index (Phi) is 6.67. The van der Waals surface area contributed by atoms with Gasteiger partial charge in [0.15, 0.2) is 0 Å². The molecule has 5 heteroatoms. The standard InChI is InChI=1S/C14H26N2O3/c1-4-6-11-16(12(3)13(17)19-5-2)14(18)15-9-7-8-10-15/h12H,4-11H2,1-3H3/t12-/m1/s1. The molecular weight excluding hydrogens is 244 g/mol. The number of unbranched alkanes of at least 4 members (excludes halogenated alkanes) is 1. The van der Waals surface area contributed by atoms with Crippen molar-refractivity contribution in [3.05, 3.63) is 0 Å². The van der Waals surface area contributed by atoms with Gasteiger partial charge in [-0.1, -0.05) is 13.3 Å². The zero-order chi connectivity index (χ0) is 14.3.